The molecule has 2 aliphatic heterocycles. The number of nitrogens with zero attached hydrogens (tertiary/aromatic N) is 2. The molecule has 1 saturated heterocycles. The van der Waals surface area contributed by atoms with E-state index in [1.54, 1.807) is 16.8 Å². The van der Waals surface area contributed by atoms with Crippen LogP contribution in [0.3, 0.4) is 0 Å². The van der Waals surface area contributed by atoms with E-state index in [0.29, 0.717) is 0 Å². The SMILES string of the molecule is CN1CCC[C@H]1Cc1ccc2c(c1)N(C1CCCCC1)CC2. The third-order valence-corrected chi connectivity index (χ3v) is 6.24. The van der Waals surface area contributed by atoms with Gasteiger partial charge in [-0.15, -0.1) is 0 Å². The molecule has 0 unspecified atom stereocenters. The Labute approximate surface area is 135 Å². The second-order valence-corrected chi connectivity index (χ2v) is 7.68. The molecular formula is C20H30N2. The monoisotopic (exact) mass is 298 g/mol. The summed E-state index contributed by atoms with van der Waals surface area (Å²) in [4.78, 5) is 5.29. The van der Waals surface area contributed by atoms with Crippen LogP contribution in [0.5, 0.6) is 0 Å². The molecular weight excluding hydrogens is 268 g/mol. The van der Waals surface area contributed by atoms with Crippen LogP contribution in [0.15, 0.2) is 18.2 Å². The first-order valence-corrected chi connectivity index (χ1v) is 9.40. The zero-order valence-corrected chi connectivity index (χ0v) is 14.1. The van der Waals surface area contributed by atoms with Gasteiger partial charge in [0.2, 0.25) is 0 Å². The van der Waals surface area contributed by atoms with Crippen molar-refractivity contribution >= 4 is 5.69 Å². The van der Waals surface area contributed by atoms with Crippen LogP contribution in [0.4, 0.5) is 5.69 Å². The topological polar surface area (TPSA) is 6.48 Å². The van der Waals surface area contributed by atoms with Gasteiger partial charge in [0.05, 0.1) is 0 Å². The Bertz CT molecular complexity index is 518. The van der Waals surface area contributed by atoms with Crippen molar-refractivity contribution in [3.63, 3.8) is 0 Å². The number of hydrogen-bond donors (Lipinski definition) is 0. The lowest BCUT2D eigenvalue weighted by molar-refractivity contribution is 0.309. The molecule has 0 aromatic heterocycles. The highest BCUT2D eigenvalue weighted by Gasteiger charge is 2.28. The summed E-state index contributed by atoms with van der Waals surface area (Å²) in [5.41, 5.74) is 4.72. The fourth-order valence-corrected chi connectivity index (χ4v) is 4.86. The molecule has 1 aromatic rings. The van der Waals surface area contributed by atoms with Crippen LogP contribution >= 0.6 is 0 Å². The Morgan fingerprint density at radius 2 is 1.86 bits per heavy atom. The molecule has 2 heterocycles. The maximum atomic E-state index is 2.75. The molecule has 1 aromatic carbocycles. The summed E-state index contributed by atoms with van der Waals surface area (Å²) in [5.74, 6) is 0. The summed E-state index contributed by atoms with van der Waals surface area (Å²) >= 11 is 0. The zero-order valence-electron chi connectivity index (χ0n) is 14.1. The first-order chi connectivity index (χ1) is 10.8. The third-order valence-electron chi connectivity index (χ3n) is 6.24. The molecule has 3 aliphatic rings. The van der Waals surface area contributed by atoms with Gasteiger partial charge < -0.3 is 9.80 Å². The summed E-state index contributed by atoms with van der Waals surface area (Å²) in [6.45, 7) is 2.54. The fraction of sp³-hybridized carbons (Fsp3) is 0.700. The van der Waals surface area contributed by atoms with Crippen molar-refractivity contribution in [2.75, 3.05) is 25.0 Å². The quantitative estimate of drug-likeness (QED) is 0.831. The number of likely N-dealkylation sites (tertiary alicyclic amines) is 1. The van der Waals surface area contributed by atoms with E-state index in [4.69, 9.17) is 0 Å². The Hall–Kier alpha value is -1.02. The second kappa shape index (κ2) is 6.23. The summed E-state index contributed by atoms with van der Waals surface area (Å²) in [6, 6.07) is 8.93. The molecule has 1 atom stereocenters. The van der Waals surface area contributed by atoms with E-state index in [1.165, 1.54) is 70.9 Å². The average Bonchev–Trinajstić information content (AvgIpc) is 3.15. The fourth-order valence-electron chi connectivity index (χ4n) is 4.86. The van der Waals surface area contributed by atoms with E-state index < -0.39 is 0 Å². The Balaban J connectivity index is 1.52. The van der Waals surface area contributed by atoms with Crippen LogP contribution in [-0.2, 0) is 12.8 Å². The molecule has 0 amide bonds. The van der Waals surface area contributed by atoms with Crippen molar-refractivity contribution in [2.24, 2.45) is 0 Å². The van der Waals surface area contributed by atoms with Gasteiger partial charge in [0.1, 0.15) is 0 Å². The summed E-state index contributed by atoms with van der Waals surface area (Å²) in [6.07, 6.45) is 12.4. The number of benzene rings is 1. The number of rotatable bonds is 3. The van der Waals surface area contributed by atoms with Crippen LogP contribution in [-0.4, -0.2) is 37.1 Å². The molecule has 22 heavy (non-hydrogen) atoms. The molecule has 2 fully saturated rings. The first kappa shape index (κ1) is 14.6. The molecule has 0 radical (unpaired) electrons. The summed E-state index contributed by atoms with van der Waals surface area (Å²) < 4.78 is 0. The maximum Gasteiger partial charge on any atom is 0.0404 e. The van der Waals surface area contributed by atoms with Crippen LogP contribution in [0.2, 0.25) is 0 Å². The van der Waals surface area contributed by atoms with E-state index in [9.17, 15) is 0 Å². The minimum absolute atomic E-state index is 0.766. The van der Waals surface area contributed by atoms with Crippen LogP contribution in [0.25, 0.3) is 0 Å². The van der Waals surface area contributed by atoms with Crippen molar-refractivity contribution in [2.45, 2.75) is 69.9 Å². The molecule has 1 saturated carbocycles. The second-order valence-electron chi connectivity index (χ2n) is 7.68. The first-order valence-electron chi connectivity index (χ1n) is 9.40. The van der Waals surface area contributed by atoms with Crippen molar-refractivity contribution in [1.82, 2.24) is 4.90 Å². The highest BCUT2D eigenvalue weighted by molar-refractivity contribution is 5.60. The van der Waals surface area contributed by atoms with Crippen molar-refractivity contribution < 1.29 is 0 Å². The van der Waals surface area contributed by atoms with Crippen LogP contribution in [0.1, 0.15) is 56.1 Å². The van der Waals surface area contributed by atoms with Gasteiger partial charge in [-0.25, -0.2) is 0 Å². The van der Waals surface area contributed by atoms with Crippen LogP contribution < -0.4 is 4.90 Å². The Morgan fingerprint density at radius 1 is 1.00 bits per heavy atom. The predicted octanol–water partition coefficient (Wildman–Crippen LogP) is 4.02. The number of anilines is 1. The van der Waals surface area contributed by atoms with Gasteiger partial charge in [-0.3, -0.25) is 0 Å². The minimum Gasteiger partial charge on any atom is -0.368 e. The van der Waals surface area contributed by atoms with E-state index in [2.05, 4.69) is 35.0 Å². The highest BCUT2D eigenvalue weighted by Crippen LogP contribution is 2.35. The standard InChI is InChI=1S/C20H30N2/c1-21-12-5-8-19(21)14-16-9-10-17-11-13-22(20(17)15-16)18-6-3-2-4-7-18/h9-10,15,18-19H,2-8,11-14H2,1H3/t19-/m0/s1. The van der Waals surface area contributed by atoms with Gasteiger partial charge in [0.25, 0.3) is 0 Å². The van der Waals surface area contributed by atoms with Gasteiger partial charge >= 0.3 is 0 Å². The highest BCUT2D eigenvalue weighted by atomic mass is 15.2. The lowest BCUT2D eigenvalue weighted by Crippen LogP contribution is -2.35. The molecule has 1 aliphatic carbocycles. The molecule has 2 heteroatoms. The molecule has 0 spiro atoms. The van der Waals surface area contributed by atoms with Gasteiger partial charge in [-0.1, -0.05) is 31.4 Å². The molecule has 0 bridgehead atoms. The van der Waals surface area contributed by atoms with Crippen LogP contribution in [0, 0.1) is 0 Å². The van der Waals surface area contributed by atoms with Crippen molar-refractivity contribution in [3.05, 3.63) is 29.3 Å². The molecule has 2 nitrogen and oxygen atoms in total. The van der Waals surface area contributed by atoms with E-state index in [1.807, 2.05) is 0 Å². The average molecular weight is 298 g/mol. The summed E-state index contributed by atoms with van der Waals surface area (Å²) in [5, 5.41) is 0. The molecule has 0 N–H and O–H groups in total. The lowest BCUT2D eigenvalue weighted by atomic mass is 9.94. The zero-order chi connectivity index (χ0) is 14.9. The predicted molar refractivity (Wildman–Crippen MR) is 93.7 cm³/mol. The van der Waals surface area contributed by atoms with Crippen molar-refractivity contribution in [1.29, 1.82) is 0 Å². The molecule has 120 valence electrons. The number of hydrogen-bond acceptors (Lipinski definition) is 2. The molecule has 4 rings (SSSR count). The normalized spacial score (nSPS) is 26.6. The van der Waals surface area contributed by atoms with E-state index >= 15 is 0 Å². The maximum absolute atomic E-state index is 2.75. The van der Waals surface area contributed by atoms with Gasteiger partial charge in [0.15, 0.2) is 0 Å². The van der Waals surface area contributed by atoms with E-state index in [0.717, 1.165) is 12.1 Å². The Kier molecular flexibility index (Phi) is 4.13. The van der Waals surface area contributed by atoms with Gasteiger partial charge in [0, 0.05) is 24.3 Å². The van der Waals surface area contributed by atoms with E-state index in [-0.39, 0.29) is 0 Å². The van der Waals surface area contributed by atoms with Crippen molar-refractivity contribution in [3.8, 4) is 0 Å². The summed E-state index contributed by atoms with van der Waals surface area (Å²) in [7, 11) is 2.29. The largest absolute Gasteiger partial charge is 0.368 e. The minimum atomic E-state index is 0.766. The Morgan fingerprint density at radius 3 is 2.64 bits per heavy atom. The van der Waals surface area contributed by atoms with Gasteiger partial charge in [-0.2, -0.15) is 0 Å². The lowest BCUT2D eigenvalue weighted by Gasteiger charge is -2.33. The number of likely N-dealkylation sites (N-methyl/N-ethyl adjacent to an activating group) is 1. The number of fused-ring (bicyclic) bond motifs is 1. The third kappa shape index (κ3) is 2.78. The van der Waals surface area contributed by atoms with Gasteiger partial charge in [-0.05, 0) is 69.3 Å². The smallest absolute Gasteiger partial charge is 0.0404 e.